The largest absolute Gasteiger partial charge is 0.497 e. The SMILES string of the molecule is CCCCc1noc(CSc2nnc(-c3ccc(OC)cc3)n2CCc2ccccc2)n1. The summed E-state index contributed by atoms with van der Waals surface area (Å²) < 4.78 is 12.9. The molecule has 0 atom stereocenters. The number of nitrogens with zero attached hydrogens (tertiary/aromatic N) is 5. The van der Waals surface area contributed by atoms with Gasteiger partial charge in [-0.05, 0) is 42.7 Å². The quantitative estimate of drug-likeness (QED) is 0.291. The standard InChI is InChI=1S/C24H27N5O2S/c1-3-4-10-21-25-22(31-28-21)17-32-24-27-26-23(19-11-13-20(30-2)14-12-19)29(24)16-15-18-8-6-5-7-9-18/h5-9,11-14H,3-4,10,15-17H2,1-2H3. The van der Waals surface area contributed by atoms with Crippen LogP contribution in [0.1, 0.15) is 37.0 Å². The van der Waals surface area contributed by atoms with E-state index in [1.54, 1.807) is 18.9 Å². The van der Waals surface area contributed by atoms with Crippen LogP contribution in [0.3, 0.4) is 0 Å². The van der Waals surface area contributed by atoms with Crippen LogP contribution in [0.4, 0.5) is 0 Å². The number of benzene rings is 2. The topological polar surface area (TPSA) is 78.9 Å². The third-order valence-corrected chi connectivity index (χ3v) is 6.07. The van der Waals surface area contributed by atoms with Crippen LogP contribution in [0.2, 0.25) is 0 Å². The van der Waals surface area contributed by atoms with E-state index in [0.717, 1.165) is 60.3 Å². The van der Waals surface area contributed by atoms with Gasteiger partial charge in [0.2, 0.25) is 5.89 Å². The molecule has 0 spiro atoms. The first-order valence-electron chi connectivity index (χ1n) is 10.8. The van der Waals surface area contributed by atoms with Crippen molar-refractivity contribution >= 4 is 11.8 Å². The fourth-order valence-corrected chi connectivity index (χ4v) is 4.15. The van der Waals surface area contributed by atoms with Gasteiger partial charge in [-0.25, -0.2) is 0 Å². The molecule has 2 aromatic carbocycles. The van der Waals surface area contributed by atoms with Crippen molar-refractivity contribution < 1.29 is 9.26 Å². The van der Waals surface area contributed by atoms with Crippen molar-refractivity contribution in [3.05, 3.63) is 71.9 Å². The van der Waals surface area contributed by atoms with Crippen molar-refractivity contribution in [2.45, 2.75) is 50.1 Å². The summed E-state index contributed by atoms with van der Waals surface area (Å²) in [5.41, 5.74) is 2.27. The first-order valence-corrected chi connectivity index (χ1v) is 11.8. The van der Waals surface area contributed by atoms with Gasteiger partial charge >= 0.3 is 0 Å². The number of rotatable bonds is 11. The molecular weight excluding hydrogens is 422 g/mol. The van der Waals surface area contributed by atoms with Crippen LogP contribution >= 0.6 is 11.8 Å². The first-order chi connectivity index (χ1) is 15.8. The van der Waals surface area contributed by atoms with E-state index in [9.17, 15) is 0 Å². The Labute approximate surface area is 192 Å². The summed E-state index contributed by atoms with van der Waals surface area (Å²) in [5.74, 6) is 3.59. The van der Waals surface area contributed by atoms with Gasteiger partial charge < -0.3 is 13.8 Å². The monoisotopic (exact) mass is 449 g/mol. The van der Waals surface area contributed by atoms with Crippen LogP contribution < -0.4 is 4.74 Å². The van der Waals surface area contributed by atoms with Crippen LogP contribution in [0.5, 0.6) is 5.75 Å². The maximum absolute atomic E-state index is 5.42. The molecule has 0 saturated carbocycles. The lowest BCUT2D eigenvalue weighted by Crippen LogP contribution is -2.05. The highest BCUT2D eigenvalue weighted by atomic mass is 32.2. The van der Waals surface area contributed by atoms with Gasteiger partial charge in [-0.1, -0.05) is 60.6 Å². The van der Waals surface area contributed by atoms with Crippen LogP contribution in [-0.4, -0.2) is 32.0 Å². The molecule has 0 aliphatic rings. The van der Waals surface area contributed by atoms with E-state index in [2.05, 4.69) is 56.1 Å². The van der Waals surface area contributed by atoms with Crippen molar-refractivity contribution in [2.24, 2.45) is 0 Å². The Morgan fingerprint density at radius 3 is 2.56 bits per heavy atom. The summed E-state index contributed by atoms with van der Waals surface area (Å²) in [7, 11) is 1.66. The predicted molar refractivity (Wildman–Crippen MR) is 125 cm³/mol. The molecule has 7 nitrogen and oxygen atoms in total. The summed E-state index contributed by atoms with van der Waals surface area (Å²) in [6.45, 7) is 2.92. The van der Waals surface area contributed by atoms with Crippen molar-refractivity contribution in [1.29, 1.82) is 0 Å². The number of methoxy groups -OCH3 is 1. The van der Waals surface area contributed by atoms with Gasteiger partial charge in [0.15, 0.2) is 16.8 Å². The number of thioether (sulfide) groups is 1. The average Bonchev–Trinajstić information content (AvgIpc) is 3.47. The number of ether oxygens (including phenoxy) is 1. The molecule has 0 unspecified atom stereocenters. The summed E-state index contributed by atoms with van der Waals surface area (Å²) in [5, 5.41) is 13.9. The smallest absolute Gasteiger partial charge is 0.237 e. The molecule has 166 valence electrons. The predicted octanol–water partition coefficient (Wildman–Crippen LogP) is 5.21. The van der Waals surface area contributed by atoms with Crippen LogP contribution in [0.25, 0.3) is 11.4 Å². The van der Waals surface area contributed by atoms with E-state index in [0.29, 0.717) is 11.6 Å². The lowest BCUT2D eigenvalue weighted by molar-refractivity contribution is 0.384. The molecule has 0 aliphatic carbocycles. The highest BCUT2D eigenvalue weighted by Crippen LogP contribution is 2.27. The van der Waals surface area contributed by atoms with Crippen LogP contribution in [0.15, 0.2) is 64.3 Å². The molecule has 4 rings (SSSR count). The zero-order valence-corrected chi connectivity index (χ0v) is 19.2. The van der Waals surface area contributed by atoms with Gasteiger partial charge in [0.1, 0.15) is 5.75 Å². The molecule has 0 aliphatic heterocycles. The number of hydrogen-bond donors (Lipinski definition) is 0. The zero-order valence-electron chi connectivity index (χ0n) is 18.4. The van der Waals surface area contributed by atoms with Crippen molar-refractivity contribution in [3.8, 4) is 17.1 Å². The van der Waals surface area contributed by atoms with Crippen molar-refractivity contribution in [3.63, 3.8) is 0 Å². The first kappa shape index (κ1) is 22.1. The molecule has 2 heterocycles. The molecular formula is C24H27N5O2S. The van der Waals surface area contributed by atoms with Crippen molar-refractivity contribution in [1.82, 2.24) is 24.9 Å². The molecule has 32 heavy (non-hydrogen) atoms. The van der Waals surface area contributed by atoms with Crippen LogP contribution in [0, 0.1) is 0 Å². The van der Waals surface area contributed by atoms with E-state index in [1.807, 2.05) is 30.3 Å². The Kier molecular flexibility index (Phi) is 7.55. The van der Waals surface area contributed by atoms with Gasteiger partial charge in [0.25, 0.3) is 0 Å². The minimum absolute atomic E-state index is 0.561. The van der Waals surface area contributed by atoms with E-state index in [-0.39, 0.29) is 0 Å². The molecule has 0 fully saturated rings. The Balaban J connectivity index is 1.53. The molecule has 0 amide bonds. The van der Waals surface area contributed by atoms with Gasteiger partial charge in [-0.2, -0.15) is 4.98 Å². The Morgan fingerprint density at radius 1 is 1.00 bits per heavy atom. The molecule has 0 bridgehead atoms. The number of hydrogen-bond acceptors (Lipinski definition) is 7. The number of aromatic nitrogens is 5. The number of unbranched alkanes of at least 4 members (excludes halogenated alkanes) is 1. The third-order valence-electron chi connectivity index (χ3n) is 5.12. The molecule has 0 saturated heterocycles. The Hall–Kier alpha value is -3.13. The highest BCUT2D eigenvalue weighted by molar-refractivity contribution is 7.98. The second-order valence-electron chi connectivity index (χ2n) is 7.42. The zero-order chi connectivity index (χ0) is 22.2. The lowest BCUT2D eigenvalue weighted by Gasteiger charge is -2.10. The fourth-order valence-electron chi connectivity index (χ4n) is 3.35. The normalized spacial score (nSPS) is 11.1. The molecule has 4 aromatic rings. The molecule has 0 N–H and O–H groups in total. The van der Waals surface area contributed by atoms with E-state index < -0.39 is 0 Å². The summed E-state index contributed by atoms with van der Waals surface area (Å²) in [4.78, 5) is 4.50. The lowest BCUT2D eigenvalue weighted by atomic mass is 10.1. The maximum atomic E-state index is 5.42. The summed E-state index contributed by atoms with van der Waals surface area (Å²) in [6.07, 6.45) is 3.90. The Bertz CT molecular complexity index is 1110. The van der Waals surface area contributed by atoms with E-state index in [1.165, 1.54) is 5.56 Å². The highest BCUT2D eigenvalue weighted by Gasteiger charge is 2.16. The summed E-state index contributed by atoms with van der Waals surface area (Å²) >= 11 is 1.56. The van der Waals surface area contributed by atoms with Crippen molar-refractivity contribution in [2.75, 3.05) is 7.11 Å². The average molecular weight is 450 g/mol. The van der Waals surface area contributed by atoms with Gasteiger partial charge in [-0.15, -0.1) is 10.2 Å². The molecule has 2 aromatic heterocycles. The number of aryl methyl sites for hydroxylation is 2. The second-order valence-corrected chi connectivity index (χ2v) is 8.36. The van der Waals surface area contributed by atoms with Gasteiger partial charge in [0, 0.05) is 18.5 Å². The molecule has 8 heteroatoms. The maximum Gasteiger partial charge on any atom is 0.237 e. The third kappa shape index (κ3) is 5.56. The van der Waals surface area contributed by atoms with Gasteiger partial charge in [0.05, 0.1) is 12.9 Å². The van der Waals surface area contributed by atoms with E-state index >= 15 is 0 Å². The second kappa shape index (κ2) is 10.9. The van der Waals surface area contributed by atoms with E-state index in [4.69, 9.17) is 9.26 Å². The van der Waals surface area contributed by atoms with Gasteiger partial charge in [-0.3, -0.25) is 0 Å². The Morgan fingerprint density at radius 2 is 1.81 bits per heavy atom. The summed E-state index contributed by atoms with van der Waals surface area (Å²) in [6, 6.07) is 18.3. The molecule has 0 radical (unpaired) electrons. The minimum atomic E-state index is 0.561. The fraction of sp³-hybridized carbons (Fsp3) is 0.333. The minimum Gasteiger partial charge on any atom is -0.497 e. The van der Waals surface area contributed by atoms with Crippen LogP contribution in [-0.2, 0) is 25.1 Å².